The second-order valence-corrected chi connectivity index (χ2v) is 5.55. The lowest BCUT2D eigenvalue weighted by atomic mass is 10.2. The van der Waals surface area contributed by atoms with Crippen LogP contribution in [0.1, 0.15) is 21.6 Å². The second-order valence-electron chi connectivity index (χ2n) is 5.55. The predicted molar refractivity (Wildman–Crippen MR) is 90.3 cm³/mol. The number of aromatic nitrogens is 3. The third-order valence-electron chi connectivity index (χ3n) is 3.65. The van der Waals surface area contributed by atoms with Crippen molar-refractivity contribution in [1.82, 2.24) is 20.3 Å². The first-order valence-corrected chi connectivity index (χ1v) is 7.83. The van der Waals surface area contributed by atoms with E-state index in [0.29, 0.717) is 5.56 Å². The van der Waals surface area contributed by atoms with Crippen LogP contribution >= 0.6 is 0 Å². The van der Waals surface area contributed by atoms with Gasteiger partial charge < -0.3 is 10.1 Å². The van der Waals surface area contributed by atoms with Gasteiger partial charge in [-0.2, -0.15) is 8.78 Å². The van der Waals surface area contributed by atoms with Crippen LogP contribution in [0.25, 0.3) is 5.69 Å². The van der Waals surface area contributed by atoms with Crippen LogP contribution in [0.15, 0.2) is 54.7 Å². The molecule has 3 aromatic rings. The van der Waals surface area contributed by atoms with E-state index >= 15 is 0 Å². The van der Waals surface area contributed by atoms with Gasteiger partial charge in [-0.25, -0.2) is 4.68 Å². The van der Waals surface area contributed by atoms with Crippen LogP contribution in [0.4, 0.5) is 8.78 Å². The number of halogens is 2. The van der Waals surface area contributed by atoms with E-state index in [1.54, 1.807) is 18.2 Å². The molecule has 6 nitrogen and oxygen atoms in total. The molecule has 0 saturated heterocycles. The molecule has 1 aromatic heterocycles. The first-order chi connectivity index (χ1) is 12.5. The summed E-state index contributed by atoms with van der Waals surface area (Å²) in [4.78, 5) is 12.2. The van der Waals surface area contributed by atoms with Gasteiger partial charge in [-0.15, -0.1) is 5.10 Å². The third kappa shape index (κ3) is 4.21. The Morgan fingerprint density at radius 2 is 1.92 bits per heavy atom. The van der Waals surface area contributed by atoms with Gasteiger partial charge in [-0.1, -0.05) is 41.1 Å². The molecule has 134 valence electrons. The van der Waals surface area contributed by atoms with Gasteiger partial charge in [0.2, 0.25) is 0 Å². The number of hydrogen-bond acceptors (Lipinski definition) is 4. The van der Waals surface area contributed by atoms with Crippen LogP contribution in [0.5, 0.6) is 5.75 Å². The van der Waals surface area contributed by atoms with Gasteiger partial charge in [-0.3, -0.25) is 4.79 Å². The van der Waals surface area contributed by atoms with Crippen molar-refractivity contribution in [1.29, 1.82) is 0 Å². The molecule has 2 aromatic carbocycles. The molecule has 0 saturated carbocycles. The van der Waals surface area contributed by atoms with E-state index in [1.807, 2.05) is 31.2 Å². The molecule has 3 rings (SSSR count). The molecule has 26 heavy (non-hydrogen) atoms. The minimum Gasteiger partial charge on any atom is -0.434 e. The smallest absolute Gasteiger partial charge is 0.387 e. The number of nitrogens with zero attached hydrogens (tertiary/aromatic N) is 3. The predicted octanol–water partition coefficient (Wildman–Crippen LogP) is 3.11. The van der Waals surface area contributed by atoms with Crippen molar-refractivity contribution in [3.63, 3.8) is 0 Å². The molecule has 0 aliphatic rings. The number of aryl methyl sites for hydroxylation is 1. The van der Waals surface area contributed by atoms with Gasteiger partial charge in [-0.05, 0) is 25.1 Å². The monoisotopic (exact) mass is 358 g/mol. The molecule has 0 aliphatic carbocycles. The molecule has 0 spiro atoms. The Bertz CT molecular complexity index is 894. The summed E-state index contributed by atoms with van der Waals surface area (Å²) >= 11 is 0. The first kappa shape index (κ1) is 17.5. The molecule has 1 heterocycles. The number of para-hydroxylation sites is 1. The summed E-state index contributed by atoms with van der Waals surface area (Å²) in [6, 6.07) is 13.9. The Balaban J connectivity index is 1.67. The van der Waals surface area contributed by atoms with Crippen molar-refractivity contribution < 1.29 is 18.3 Å². The summed E-state index contributed by atoms with van der Waals surface area (Å²) in [5.74, 6) is -0.443. The maximum atomic E-state index is 12.4. The lowest BCUT2D eigenvalue weighted by molar-refractivity contribution is -0.0504. The average molecular weight is 358 g/mol. The van der Waals surface area contributed by atoms with Crippen LogP contribution in [0.3, 0.4) is 0 Å². The molecule has 0 fully saturated rings. The molecule has 8 heteroatoms. The third-order valence-corrected chi connectivity index (χ3v) is 3.65. The fourth-order valence-corrected chi connectivity index (χ4v) is 2.32. The normalized spacial score (nSPS) is 10.8. The Morgan fingerprint density at radius 1 is 1.19 bits per heavy atom. The average Bonchev–Trinajstić information content (AvgIpc) is 3.11. The number of alkyl halides is 2. The molecule has 0 bridgehead atoms. The Hall–Kier alpha value is -3.29. The molecular weight excluding hydrogens is 342 g/mol. The van der Waals surface area contributed by atoms with E-state index in [-0.39, 0.29) is 18.0 Å². The van der Waals surface area contributed by atoms with Crippen molar-refractivity contribution in [3.05, 3.63) is 71.5 Å². The number of ether oxygens (including phenoxy) is 1. The highest BCUT2D eigenvalue weighted by Crippen LogP contribution is 2.20. The van der Waals surface area contributed by atoms with E-state index in [0.717, 1.165) is 11.3 Å². The Morgan fingerprint density at radius 3 is 2.65 bits per heavy atom. The van der Waals surface area contributed by atoms with Crippen LogP contribution in [0, 0.1) is 6.92 Å². The number of amides is 1. The van der Waals surface area contributed by atoms with Crippen molar-refractivity contribution in [2.24, 2.45) is 0 Å². The zero-order valence-corrected chi connectivity index (χ0v) is 13.9. The zero-order chi connectivity index (χ0) is 18.5. The van der Waals surface area contributed by atoms with E-state index in [1.165, 1.54) is 16.9 Å². The number of nitrogens with one attached hydrogen (secondary N) is 1. The summed E-state index contributed by atoms with van der Waals surface area (Å²) in [7, 11) is 0. The topological polar surface area (TPSA) is 69.0 Å². The number of carbonyl (C=O) groups excluding carboxylic acids is 1. The largest absolute Gasteiger partial charge is 0.434 e. The quantitative estimate of drug-likeness (QED) is 0.735. The molecular formula is C18H16F2N4O2. The Kier molecular flexibility index (Phi) is 5.21. The van der Waals surface area contributed by atoms with Crippen molar-refractivity contribution in [2.45, 2.75) is 20.1 Å². The molecule has 0 radical (unpaired) electrons. The fraction of sp³-hybridized carbons (Fsp3) is 0.167. The highest BCUT2D eigenvalue weighted by atomic mass is 19.3. The Labute approximate surface area is 148 Å². The lowest BCUT2D eigenvalue weighted by Crippen LogP contribution is -2.23. The summed E-state index contributed by atoms with van der Waals surface area (Å²) in [5, 5.41) is 10.4. The highest BCUT2D eigenvalue weighted by molar-refractivity contribution is 5.91. The molecule has 0 unspecified atom stereocenters. The zero-order valence-electron chi connectivity index (χ0n) is 13.9. The standard InChI is InChI=1S/C18H16F2N4O2/c1-12-6-8-14(9-7-12)24-11-15(22-23-24)17(25)21-10-13-4-2-3-5-16(13)26-18(19)20/h2-9,11,18H,10H2,1H3,(H,21,25). The van der Waals surface area contributed by atoms with Crippen molar-refractivity contribution >= 4 is 5.91 Å². The van der Waals surface area contributed by atoms with Gasteiger partial charge in [0.25, 0.3) is 5.91 Å². The van der Waals surface area contributed by atoms with E-state index in [2.05, 4.69) is 20.4 Å². The molecule has 1 N–H and O–H groups in total. The molecule has 1 amide bonds. The second kappa shape index (κ2) is 7.73. The minimum atomic E-state index is -2.93. The first-order valence-electron chi connectivity index (χ1n) is 7.83. The number of benzene rings is 2. The molecule has 0 atom stereocenters. The van der Waals surface area contributed by atoms with Crippen LogP contribution in [0.2, 0.25) is 0 Å². The van der Waals surface area contributed by atoms with Gasteiger partial charge >= 0.3 is 6.61 Å². The van der Waals surface area contributed by atoms with Crippen LogP contribution < -0.4 is 10.1 Å². The maximum Gasteiger partial charge on any atom is 0.387 e. The summed E-state index contributed by atoms with van der Waals surface area (Å²) in [5.41, 5.74) is 2.44. The summed E-state index contributed by atoms with van der Waals surface area (Å²) in [6.45, 7) is -0.931. The fourth-order valence-electron chi connectivity index (χ4n) is 2.32. The number of rotatable bonds is 6. The van der Waals surface area contributed by atoms with Gasteiger partial charge in [0.1, 0.15) is 5.75 Å². The summed E-state index contributed by atoms with van der Waals surface area (Å²) in [6.07, 6.45) is 1.50. The summed E-state index contributed by atoms with van der Waals surface area (Å²) < 4.78 is 30.8. The van der Waals surface area contributed by atoms with Crippen LogP contribution in [-0.4, -0.2) is 27.5 Å². The van der Waals surface area contributed by atoms with Gasteiger partial charge in [0.15, 0.2) is 5.69 Å². The van der Waals surface area contributed by atoms with E-state index in [9.17, 15) is 13.6 Å². The van der Waals surface area contributed by atoms with Gasteiger partial charge in [0, 0.05) is 12.1 Å². The molecule has 0 aliphatic heterocycles. The number of hydrogen-bond donors (Lipinski definition) is 1. The number of carbonyl (C=O) groups is 1. The van der Waals surface area contributed by atoms with Crippen molar-refractivity contribution in [2.75, 3.05) is 0 Å². The van der Waals surface area contributed by atoms with Crippen LogP contribution in [-0.2, 0) is 6.54 Å². The highest BCUT2D eigenvalue weighted by Gasteiger charge is 2.14. The van der Waals surface area contributed by atoms with Crippen molar-refractivity contribution in [3.8, 4) is 11.4 Å². The maximum absolute atomic E-state index is 12.4. The van der Waals surface area contributed by atoms with E-state index < -0.39 is 12.5 Å². The minimum absolute atomic E-state index is 0.0195. The van der Waals surface area contributed by atoms with Gasteiger partial charge in [0.05, 0.1) is 11.9 Å². The lowest BCUT2D eigenvalue weighted by Gasteiger charge is -2.10. The SMILES string of the molecule is Cc1ccc(-n2cc(C(=O)NCc3ccccc3OC(F)F)nn2)cc1. The van der Waals surface area contributed by atoms with E-state index in [4.69, 9.17) is 0 Å².